The molecule has 0 fully saturated rings. The molecule has 0 radical (unpaired) electrons. The Kier molecular flexibility index (Phi) is 9.09. The van der Waals surface area contributed by atoms with Crippen LogP contribution in [0.4, 0.5) is 11.4 Å². The summed E-state index contributed by atoms with van der Waals surface area (Å²) < 4.78 is 0. The predicted octanol–water partition coefficient (Wildman–Crippen LogP) is 4.07. The summed E-state index contributed by atoms with van der Waals surface area (Å²) in [5, 5.41) is 27.3. The first-order valence-electron chi connectivity index (χ1n) is 11.6. The molecule has 0 aliphatic heterocycles. The molecule has 10 nitrogen and oxygen atoms in total. The van der Waals surface area contributed by atoms with Crippen LogP contribution in [0.2, 0.25) is 0 Å². The summed E-state index contributed by atoms with van der Waals surface area (Å²) in [6.07, 6.45) is 2.60. The molecule has 3 aromatic carbocycles. The Labute approximate surface area is 214 Å². The number of non-ortho nitro benzene ring substituents is 1. The van der Waals surface area contributed by atoms with E-state index in [-0.39, 0.29) is 22.7 Å². The molecule has 3 aromatic rings. The molecular weight excluding hydrogens is 474 g/mol. The Bertz CT molecular complexity index is 1320. The second-order valence-electron chi connectivity index (χ2n) is 7.84. The molecule has 0 saturated heterocycles. The van der Waals surface area contributed by atoms with E-state index in [9.17, 15) is 24.8 Å². The van der Waals surface area contributed by atoms with Gasteiger partial charge in [0, 0.05) is 42.0 Å². The maximum absolute atomic E-state index is 12.9. The fourth-order valence-corrected chi connectivity index (χ4v) is 3.46. The number of carbonyl (C=O) groups excluding carboxylic acids is 2. The van der Waals surface area contributed by atoms with Gasteiger partial charge in [-0.25, -0.2) is 5.43 Å². The molecule has 0 aliphatic rings. The van der Waals surface area contributed by atoms with E-state index in [4.69, 9.17) is 0 Å². The minimum absolute atomic E-state index is 0.0420. The number of phenols is 1. The summed E-state index contributed by atoms with van der Waals surface area (Å²) in [6.45, 7) is 5.83. The molecule has 2 amide bonds. The van der Waals surface area contributed by atoms with E-state index in [1.165, 1.54) is 6.08 Å². The zero-order valence-electron chi connectivity index (χ0n) is 20.4. The van der Waals surface area contributed by atoms with Crippen LogP contribution in [-0.2, 0) is 4.79 Å². The summed E-state index contributed by atoms with van der Waals surface area (Å²) in [4.78, 5) is 38.2. The topological polar surface area (TPSA) is 137 Å². The number of aromatic hydroxyl groups is 1. The first kappa shape index (κ1) is 26.6. The van der Waals surface area contributed by atoms with Crippen LogP contribution in [0.25, 0.3) is 6.08 Å². The molecule has 10 heteroatoms. The Morgan fingerprint density at radius 2 is 1.70 bits per heavy atom. The highest BCUT2D eigenvalue weighted by Crippen LogP contribution is 2.21. The van der Waals surface area contributed by atoms with E-state index < -0.39 is 16.7 Å². The van der Waals surface area contributed by atoms with Gasteiger partial charge in [0.15, 0.2) is 0 Å². The van der Waals surface area contributed by atoms with Crippen molar-refractivity contribution in [2.24, 2.45) is 5.10 Å². The third-order valence-corrected chi connectivity index (χ3v) is 5.45. The van der Waals surface area contributed by atoms with Gasteiger partial charge in [-0.1, -0.05) is 30.3 Å². The van der Waals surface area contributed by atoms with E-state index in [1.54, 1.807) is 30.3 Å². The number of rotatable bonds is 10. The average molecular weight is 502 g/mol. The van der Waals surface area contributed by atoms with Crippen LogP contribution >= 0.6 is 0 Å². The van der Waals surface area contributed by atoms with Crippen LogP contribution in [-0.4, -0.2) is 41.1 Å². The van der Waals surface area contributed by atoms with E-state index in [0.717, 1.165) is 43.2 Å². The third-order valence-electron chi connectivity index (χ3n) is 5.45. The maximum atomic E-state index is 12.9. The second-order valence-corrected chi connectivity index (χ2v) is 7.84. The summed E-state index contributed by atoms with van der Waals surface area (Å²) in [7, 11) is 0. The fraction of sp³-hybridized carbons (Fsp3) is 0.148. The summed E-state index contributed by atoms with van der Waals surface area (Å²) in [5.74, 6) is -1.45. The van der Waals surface area contributed by atoms with Gasteiger partial charge in [-0.3, -0.25) is 19.7 Å². The highest BCUT2D eigenvalue weighted by Gasteiger charge is 2.15. The number of phenolic OH excluding ortho intramolecular Hbond substituents is 1. The van der Waals surface area contributed by atoms with E-state index in [1.807, 2.05) is 24.3 Å². The molecule has 3 N–H and O–H groups in total. The minimum Gasteiger partial charge on any atom is -0.507 e. The lowest BCUT2D eigenvalue weighted by Crippen LogP contribution is -2.32. The predicted molar refractivity (Wildman–Crippen MR) is 142 cm³/mol. The number of nitrogens with zero attached hydrogens (tertiary/aromatic N) is 3. The number of nitrogens with one attached hydrogen (secondary N) is 2. The van der Waals surface area contributed by atoms with Crippen molar-refractivity contribution in [2.45, 2.75) is 13.8 Å². The Morgan fingerprint density at radius 1 is 1.03 bits per heavy atom. The number of anilines is 1. The van der Waals surface area contributed by atoms with Crippen LogP contribution in [0.1, 0.15) is 35.3 Å². The van der Waals surface area contributed by atoms with Crippen LogP contribution in [0.5, 0.6) is 5.75 Å². The minimum atomic E-state index is -0.724. The van der Waals surface area contributed by atoms with Gasteiger partial charge in [0.2, 0.25) is 0 Å². The van der Waals surface area contributed by atoms with Crippen LogP contribution in [0.15, 0.2) is 83.6 Å². The molecule has 0 atom stereocenters. The van der Waals surface area contributed by atoms with E-state index >= 15 is 0 Å². The van der Waals surface area contributed by atoms with Gasteiger partial charge >= 0.3 is 0 Å². The van der Waals surface area contributed by atoms with Crippen LogP contribution in [0.3, 0.4) is 0 Å². The molecule has 190 valence electrons. The monoisotopic (exact) mass is 501 g/mol. The van der Waals surface area contributed by atoms with Gasteiger partial charge in [0.25, 0.3) is 17.5 Å². The number of benzene rings is 3. The molecule has 0 aromatic heterocycles. The van der Waals surface area contributed by atoms with E-state index in [0.29, 0.717) is 11.1 Å². The highest BCUT2D eigenvalue weighted by molar-refractivity contribution is 6.05. The van der Waals surface area contributed by atoms with Crippen molar-refractivity contribution < 1.29 is 19.6 Å². The molecule has 37 heavy (non-hydrogen) atoms. The number of nitro benzene ring substituents is 1. The average Bonchev–Trinajstić information content (AvgIpc) is 2.91. The van der Waals surface area contributed by atoms with Crippen molar-refractivity contribution in [3.05, 3.63) is 105 Å². The number of hydrogen-bond acceptors (Lipinski definition) is 7. The largest absolute Gasteiger partial charge is 0.507 e. The van der Waals surface area contributed by atoms with Crippen molar-refractivity contribution in [3.63, 3.8) is 0 Å². The lowest BCUT2D eigenvalue weighted by Gasteiger charge is -2.20. The Morgan fingerprint density at radius 3 is 2.32 bits per heavy atom. The lowest BCUT2D eigenvalue weighted by atomic mass is 10.1. The van der Waals surface area contributed by atoms with E-state index in [2.05, 4.69) is 34.6 Å². The molecule has 0 heterocycles. The molecule has 0 aliphatic carbocycles. The van der Waals surface area contributed by atoms with Crippen molar-refractivity contribution >= 4 is 35.5 Å². The number of nitro groups is 1. The fourth-order valence-electron chi connectivity index (χ4n) is 3.46. The molecular formula is C27H27N5O5. The third kappa shape index (κ3) is 7.25. The standard InChI is InChI=1S/C27H27N5O5/c1-3-31(4-2)22-12-10-19(11-13-22)16-24(29-26(34)20-8-6-5-7-9-20)27(35)30-28-18-21-17-23(32(36)37)14-15-25(21)33/h5-18,33H,3-4H2,1-2H3,(H,29,34)(H,30,35)/b24-16+,28-18+. The van der Waals surface area contributed by atoms with Crippen molar-refractivity contribution in [1.29, 1.82) is 0 Å². The van der Waals surface area contributed by atoms with Crippen molar-refractivity contribution in [2.75, 3.05) is 18.0 Å². The SMILES string of the molecule is CCN(CC)c1ccc(/C=C(/NC(=O)c2ccccc2)C(=O)N/N=C/c2cc([N+](=O)[O-])ccc2O)cc1. The van der Waals surface area contributed by atoms with Gasteiger partial charge in [-0.15, -0.1) is 0 Å². The van der Waals surface area contributed by atoms with Gasteiger partial charge in [0.05, 0.1) is 11.1 Å². The van der Waals surface area contributed by atoms with Gasteiger partial charge in [0.1, 0.15) is 11.4 Å². The number of hydrazone groups is 1. The smallest absolute Gasteiger partial charge is 0.287 e. The summed E-state index contributed by atoms with van der Waals surface area (Å²) in [5.41, 5.74) is 4.10. The molecule has 0 saturated carbocycles. The lowest BCUT2D eigenvalue weighted by molar-refractivity contribution is -0.384. The number of amides is 2. The second kappa shape index (κ2) is 12.6. The number of hydrogen-bond donors (Lipinski definition) is 3. The highest BCUT2D eigenvalue weighted by atomic mass is 16.6. The van der Waals surface area contributed by atoms with Crippen LogP contribution in [0, 0.1) is 10.1 Å². The van der Waals surface area contributed by atoms with Gasteiger partial charge < -0.3 is 15.3 Å². The molecule has 0 bridgehead atoms. The summed E-state index contributed by atoms with van der Waals surface area (Å²) in [6, 6.07) is 19.4. The first-order valence-corrected chi connectivity index (χ1v) is 11.6. The molecule has 0 unspecified atom stereocenters. The zero-order chi connectivity index (χ0) is 26.8. The number of carbonyl (C=O) groups is 2. The van der Waals surface area contributed by atoms with Gasteiger partial charge in [-0.2, -0.15) is 5.10 Å². The Hall–Kier alpha value is -4.99. The Balaban J connectivity index is 1.85. The zero-order valence-corrected chi connectivity index (χ0v) is 20.4. The summed E-state index contributed by atoms with van der Waals surface area (Å²) >= 11 is 0. The van der Waals surface area contributed by atoms with Crippen LogP contribution < -0.4 is 15.6 Å². The quantitative estimate of drug-likeness (QED) is 0.166. The van der Waals surface area contributed by atoms with Crippen molar-refractivity contribution in [1.82, 2.24) is 10.7 Å². The van der Waals surface area contributed by atoms with Gasteiger partial charge in [-0.05, 0) is 55.8 Å². The molecule has 0 spiro atoms. The maximum Gasteiger partial charge on any atom is 0.287 e. The van der Waals surface area contributed by atoms with Crippen molar-refractivity contribution in [3.8, 4) is 5.75 Å². The molecule has 3 rings (SSSR count). The normalized spacial score (nSPS) is 11.2. The first-order chi connectivity index (χ1) is 17.8.